The van der Waals surface area contributed by atoms with Gasteiger partial charge in [0.15, 0.2) is 6.10 Å². The van der Waals surface area contributed by atoms with Crippen molar-refractivity contribution in [3.05, 3.63) is 60.2 Å². The van der Waals surface area contributed by atoms with Crippen LogP contribution in [-0.2, 0) is 9.53 Å². The quantitative estimate of drug-likeness (QED) is 0.541. The predicted molar refractivity (Wildman–Crippen MR) is 104 cm³/mol. The highest BCUT2D eigenvalue weighted by Crippen LogP contribution is 2.20. The zero-order valence-electron chi connectivity index (χ0n) is 16.0. The van der Waals surface area contributed by atoms with Crippen LogP contribution in [0.25, 0.3) is 0 Å². The van der Waals surface area contributed by atoms with Crippen LogP contribution in [0, 0.1) is 0 Å². The number of carbonyl (C=O) groups is 3. The van der Waals surface area contributed by atoms with Gasteiger partial charge in [-0.15, -0.1) is 0 Å². The first-order chi connectivity index (χ1) is 14.1. The van der Waals surface area contributed by atoms with Gasteiger partial charge < -0.3 is 19.5 Å². The van der Waals surface area contributed by atoms with Crippen molar-refractivity contribution < 1.29 is 28.6 Å². The molecule has 152 valence electrons. The molecule has 0 spiro atoms. The molecule has 1 N–H and O–H groups in total. The second-order valence-electron chi connectivity index (χ2n) is 6.28. The summed E-state index contributed by atoms with van der Waals surface area (Å²) >= 11 is 0. The van der Waals surface area contributed by atoms with Gasteiger partial charge in [-0.05, 0) is 31.2 Å². The van der Waals surface area contributed by atoms with E-state index < -0.39 is 24.0 Å². The van der Waals surface area contributed by atoms with Crippen molar-refractivity contribution in [3.8, 4) is 11.5 Å². The number of esters is 1. The molecule has 1 unspecified atom stereocenters. The number of nitrogens with one attached hydrogen (secondary N) is 1. The third-order valence-electron chi connectivity index (χ3n) is 4.21. The van der Waals surface area contributed by atoms with Crippen molar-refractivity contribution >= 4 is 17.9 Å². The summed E-state index contributed by atoms with van der Waals surface area (Å²) in [6, 6.07) is 15.4. The van der Waals surface area contributed by atoms with Gasteiger partial charge in [0.25, 0.3) is 5.91 Å². The molecule has 2 aromatic carbocycles. The average molecular weight is 398 g/mol. The molecule has 0 saturated carbocycles. The molecule has 1 atom stereocenters. The standard InChI is InChI=1S/C21H22N2O6/c1-15(19(24)23-12-11-22-21(23)26)29-20(25)17-9-5-6-10-18(17)28-14-13-27-16-7-3-2-4-8-16/h2-10,15H,11-14H2,1H3,(H,22,26). The van der Waals surface area contributed by atoms with E-state index in [0.717, 1.165) is 10.6 Å². The monoisotopic (exact) mass is 398 g/mol. The number of urea groups is 1. The summed E-state index contributed by atoms with van der Waals surface area (Å²) in [5.41, 5.74) is 0.192. The molecule has 1 heterocycles. The van der Waals surface area contributed by atoms with E-state index in [1.54, 1.807) is 24.3 Å². The van der Waals surface area contributed by atoms with E-state index in [-0.39, 0.29) is 18.7 Å². The highest BCUT2D eigenvalue weighted by Gasteiger charge is 2.32. The fourth-order valence-electron chi connectivity index (χ4n) is 2.76. The second-order valence-corrected chi connectivity index (χ2v) is 6.28. The molecule has 2 aromatic rings. The van der Waals surface area contributed by atoms with Crippen molar-refractivity contribution in [2.45, 2.75) is 13.0 Å². The Balaban J connectivity index is 1.55. The van der Waals surface area contributed by atoms with Gasteiger partial charge in [-0.1, -0.05) is 30.3 Å². The van der Waals surface area contributed by atoms with Crippen molar-refractivity contribution in [2.75, 3.05) is 26.3 Å². The van der Waals surface area contributed by atoms with E-state index in [9.17, 15) is 14.4 Å². The Bertz CT molecular complexity index is 870. The van der Waals surface area contributed by atoms with Crippen molar-refractivity contribution in [1.82, 2.24) is 10.2 Å². The number of rotatable bonds is 8. The molecule has 0 radical (unpaired) electrons. The van der Waals surface area contributed by atoms with Crippen LogP contribution in [0.1, 0.15) is 17.3 Å². The maximum atomic E-state index is 12.5. The van der Waals surface area contributed by atoms with E-state index in [0.29, 0.717) is 18.9 Å². The fraction of sp³-hybridized carbons (Fsp3) is 0.286. The van der Waals surface area contributed by atoms with Crippen LogP contribution in [0.2, 0.25) is 0 Å². The Labute approximate surface area is 168 Å². The zero-order chi connectivity index (χ0) is 20.6. The number of nitrogens with zero attached hydrogens (tertiary/aromatic N) is 1. The van der Waals surface area contributed by atoms with Crippen LogP contribution in [0.4, 0.5) is 4.79 Å². The highest BCUT2D eigenvalue weighted by atomic mass is 16.6. The van der Waals surface area contributed by atoms with Gasteiger partial charge in [0, 0.05) is 13.1 Å². The topological polar surface area (TPSA) is 94.2 Å². The first-order valence-corrected chi connectivity index (χ1v) is 9.26. The maximum Gasteiger partial charge on any atom is 0.342 e. The number of para-hydroxylation sites is 2. The Morgan fingerprint density at radius 3 is 2.45 bits per heavy atom. The third-order valence-corrected chi connectivity index (χ3v) is 4.21. The molecule has 1 fully saturated rings. The Hall–Kier alpha value is -3.55. The third kappa shape index (κ3) is 5.25. The van der Waals surface area contributed by atoms with Gasteiger partial charge in [-0.3, -0.25) is 9.69 Å². The molecule has 29 heavy (non-hydrogen) atoms. The lowest BCUT2D eigenvalue weighted by Gasteiger charge is -2.19. The summed E-state index contributed by atoms with van der Waals surface area (Å²) in [5, 5.41) is 2.53. The lowest BCUT2D eigenvalue weighted by atomic mass is 10.2. The van der Waals surface area contributed by atoms with E-state index in [1.807, 2.05) is 30.3 Å². The Kier molecular flexibility index (Phi) is 6.67. The number of hydrogen-bond acceptors (Lipinski definition) is 6. The lowest BCUT2D eigenvalue weighted by Crippen LogP contribution is -2.41. The Morgan fingerprint density at radius 2 is 1.72 bits per heavy atom. The first-order valence-electron chi connectivity index (χ1n) is 9.26. The van der Waals surface area contributed by atoms with Crippen molar-refractivity contribution in [3.63, 3.8) is 0 Å². The fourth-order valence-corrected chi connectivity index (χ4v) is 2.76. The number of imide groups is 1. The molecular weight excluding hydrogens is 376 g/mol. The normalized spacial score (nSPS) is 14.1. The van der Waals surface area contributed by atoms with Crippen molar-refractivity contribution in [2.24, 2.45) is 0 Å². The van der Waals surface area contributed by atoms with Crippen LogP contribution < -0.4 is 14.8 Å². The van der Waals surface area contributed by atoms with E-state index in [4.69, 9.17) is 14.2 Å². The van der Waals surface area contributed by atoms with Gasteiger partial charge in [0.1, 0.15) is 30.3 Å². The molecule has 1 aliphatic rings. The summed E-state index contributed by atoms with van der Waals surface area (Å²) < 4.78 is 16.5. The molecule has 0 aliphatic carbocycles. The minimum atomic E-state index is -1.10. The van der Waals surface area contributed by atoms with Crippen LogP contribution in [0.5, 0.6) is 11.5 Å². The van der Waals surface area contributed by atoms with E-state index in [2.05, 4.69) is 5.32 Å². The molecule has 1 saturated heterocycles. The van der Waals surface area contributed by atoms with E-state index in [1.165, 1.54) is 6.92 Å². The van der Waals surface area contributed by atoms with Gasteiger partial charge in [0.2, 0.25) is 0 Å². The van der Waals surface area contributed by atoms with Crippen molar-refractivity contribution in [1.29, 1.82) is 0 Å². The number of ether oxygens (including phenoxy) is 3. The molecule has 0 bridgehead atoms. The Morgan fingerprint density at radius 1 is 1.03 bits per heavy atom. The smallest absolute Gasteiger partial charge is 0.342 e. The molecule has 0 aromatic heterocycles. The molecule has 8 nitrogen and oxygen atoms in total. The van der Waals surface area contributed by atoms with Crippen LogP contribution in [-0.4, -0.2) is 55.2 Å². The second kappa shape index (κ2) is 9.59. The summed E-state index contributed by atoms with van der Waals surface area (Å²) in [4.78, 5) is 37.4. The minimum Gasteiger partial charge on any atom is -0.490 e. The predicted octanol–water partition coefficient (Wildman–Crippen LogP) is 2.24. The van der Waals surface area contributed by atoms with Crippen LogP contribution in [0.3, 0.4) is 0 Å². The molecule has 8 heteroatoms. The van der Waals surface area contributed by atoms with Gasteiger partial charge >= 0.3 is 12.0 Å². The van der Waals surface area contributed by atoms with Crippen LogP contribution in [0.15, 0.2) is 54.6 Å². The summed E-state index contributed by atoms with van der Waals surface area (Å²) in [7, 11) is 0. The number of carbonyl (C=O) groups excluding carboxylic acids is 3. The lowest BCUT2D eigenvalue weighted by molar-refractivity contribution is -0.136. The molecular formula is C21H22N2O6. The molecule has 3 rings (SSSR count). The first kappa shape index (κ1) is 20.2. The van der Waals surface area contributed by atoms with Gasteiger partial charge in [0.05, 0.1) is 0 Å². The number of benzene rings is 2. The molecule has 1 aliphatic heterocycles. The molecule has 3 amide bonds. The summed E-state index contributed by atoms with van der Waals surface area (Å²) in [6.45, 7) is 2.59. The van der Waals surface area contributed by atoms with Gasteiger partial charge in [-0.2, -0.15) is 0 Å². The largest absolute Gasteiger partial charge is 0.490 e. The summed E-state index contributed by atoms with van der Waals surface area (Å²) in [5.74, 6) is -0.220. The SMILES string of the molecule is CC(OC(=O)c1ccccc1OCCOc1ccccc1)C(=O)N1CCNC1=O. The average Bonchev–Trinajstić information content (AvgIpc) is 3.17. The number of hydrogen-bond donors (Lipinski definition) is 1. The van der Waals surface area contributed by atoms with Crippen LogP contribution >= 0.6 is 0 Å². The maximum absolute atomic E-state index is 12.5. The minimum absolute atomic E-state index is 0.192. The summed E-state index contributed by atoms with van der Waals surface area (Å²) in [6.07, 6.45) is -1.10. The highest BCUT2D eigenvalue weighted by molar-refractivity contribution is 6.00. The van der Waals surface area contributed by atoms with E-state index >= 15 is 0 Å². The zero-order valence-corrected chi connectivity index (χ0v) is 16.0. The number of amides is 3. The van der Waals surface area contributed by atoms with Gasteiger partial charge in [-0.25, -0.2) is 9.59 Å².